The molecule has 1 saturated heterocycles. The summed E-state index contributed by atoms with van der Waals surface area (Å²) >= 11 is 0. The summed E-state index contributed by atoms with van der Waals surface area (Å²) in [6, 6.07) is 4.10. The average Bonchev–Trinajstić information content (AvgIpc) is 4.08. The van der Waals surface area contributed by atoms with E-state index in [2.05, 4.69) is 20.3 Å². The van der Waals surface area contributed by atoms with Gasteiger partial charge in [-0.2, -0.15) is 13.2 Å². The zero-order valence-electron chi connectivity index (χ0n) is 33.0. The topological polar surface area (TPSA) is 192 Å². The highest BCUT2D eigenvalue weighted by atomic mass is 32.2. The number of nitrogens with zero attached hydrogens (tertiary/aromatic N) is 2. The molecule has 1 aromatic heterocycles. The first kappa shape index (κ1) is 42.9. The van der Waals surface area contributed by atoms with Gasteiger partial charge >= 0.3 is 12.3 Å². The summed E-state index contributed by atoms with van der Waals surface area (Å²) in [6.07, 6.45) is -0.0381. The zero-order chi connectivity index (χ0) is 42.2. The van der Waals surface area contributed by atoms with Gasteiger partial charge in [0.2, 0.25) is 33.3 Å². The minimum atomic E-state index is -4.94. The molecule has 0 spiro atoms. The predicted octanol–water partition coefficient (Wildman–Crippen LogP) is 4.15. The number of ether oxygens (including phenoxy) is 4. The second-order valence-corrected chi connectivity index (χ2v) is 18.2. The van der Waals surface area contributed by atoms with Crippen LogP contribution >= 0.6 is 0 Å². The van der Waals surface area contributed by atoms with Gasteiger partial charge in [-0.3, -0.25) is 19.1 Å². The largest absolute Gasteiger partial charge is 0.497 e. The molecule has 3 N–H and O–H groups in total. The van der Waals surface area contributed by atoms with Gasteiger partial charge in [-0.05, 0) is 87.9 Å². The molecule has 0 radical (unpaired) electrons. The number of rotatable bonds is 10. The van der Waals surface area contributed by atoms with Crippen molar-refractivity contribution >= 4 is 44.6 Å². The van der Waals surface area contributed by atoms with Crippen molar-refractivity contribution in [3.63, 3.8) is 0 Å². The number of halogens is 3. The molecule has 7 atom stereocenters. The van der Waals surface area contributed by atoms with Crippen molar-refractivity contribution < 1.29 is 59.7 Å². The van der Waals surface area contributed by atoms with Gasteiger partial charge in [-0.1, -0.05) is 19.1 Å². The molecule has 3 heterocycles. The molecule has 3 fully saturated rings. The molecule has 4 aliphatic rings. The van der Waals surface area contributed by atoms with Crippen molar-refractivity contribution in [1.29, 1.82) is 0 Å². The van der Waals surface area contributed by atoms with Crippen LogP contribution in [0.3, 0.4) is 0 Å². The Labute approximate surface area is 334 Å². The Kier molecular flexibility index (Phi) is 12.2. The Balaban J connectivity index is 1.37. The summed E-state index contributed by atoms with van der Waals surface area (Å²) in [6.45, 7) is 2.95. The number of pyridine rings is 1. The molecule has 2 aromatic rings. The molecule has 4 amide bonds. The summed E-state index contributed by atoms with van der Waals surface area (Å²) in [5.74, 6) is -3.19. The highest BCUT2D eigenvalue weighted by Crippen LogP contribution is 2.46. The first-order valence-electron chi connectivity index (χ1n) is 19.3. The summed E-state index contributed by atoms with van der Waals surface area (Å²) in [4.78, 5) is 62.0. The number of hydrogen-bond acceptors (Lipinski definition) is 11. The van der Waals surface area contributed by atoms with Crippen molar-refractivity contribution in [3.05, 3.63) is 42.6 Å². The minimum absolute atomic E-state index is 0.0889. The number of carbonyl (C=O) groups is 4. The van der Waals surface area contributed by atoms with Crippen LogP contribution in [0.2, 0.25) is 0 Å². The number of carbonyl (C=O) groups excluding carboxylic acids is 4. The van der Waals surface area contributed by atoms with Gasteiger partial charge in [-0.15, -0.1) is 0 Å². The first-order valence-corrected chi connectivity index (χ1v) is 20.8. The maximum atomic E-state index is 14.9. The Morgan fingerprint density at radius 3 is 2.50 bits per heavy atom. The van der Waals surface area contributed by atoms with Crippen molar-refractivity contribution in [2.75, 3.05) is 27.4 Å². The number of alkyl carbamates (subject to hydrolysis) is 1. The molecule has 1 aromatic carbocycles. The number of amides is 4. The maximum Gasteiger partial charge on any atom is 0.427 e. The van der Waals surface area contributed by atoms with E-state index in [1.165, 1.54) is 25.3 Å². The van der Waals surface area contributed by atoms with E-state index in [1.807, 2.05) is 13.0 Å². The van der Waals surface area contributed by atoms with E-state index < -0.39 is 86.4 Å². The van der Waals surface area contributed by atoms with Crippen molar-refractivity contribution in [2.45, 2.75) is 106 Å². The van der Waals surface area contributed by atoms with Crippen LogP contribution in [0.4, 0.5) is 18.0 Å². The fraction of sp³-hybridized carbons (Fsp3) is 0.615. The molecule has 2 saturated carbocycles. The zero-order valence-corrected chi connectivity index (χ0v) is 33.8. The molecule has 2 aliphatic heterocycles. The number of alkyl halides is 3. The third kappa shape index (κ3) is 9.29. The van der Waals surface area contributed by atoms with Gasteiger partial charge in [0.25, 0.3) is 5.91 Å². The molecule has 318 valence electrons. The highest BCUT2D eigenvalue weighted by molar-refractivity contribution is 7.91. The number of aromatic nitrogens is 1. The highest BCUT2D eigenvalue weighted by Gasteiger charge is 2.62. The van der Waals surface area contributed by atoms with E-state index in [4.69, 9.17) is 18.9 Å². The van der Waals surface area contributed by atoms with E-state index in [0.717, 1.165) is 5.39 Å². The lowest BCUT2D eigenvalue weighted by Crippen LogP contribution is -2.60. The standard InChI is InChI=1S/C39H50F3N5O10S/c1-22-8-6-7-9-25-19-38(25,35(50)46-58(52,53)28-11-12-28)45-32(48)30-18-27(56-33-29-13-10-26(55-5)17-23(29)14-15-43-33)20-47(30)34(49)31(24(16-22)21-54-4)44-36(51)57-37(2,3)39(40,41)42/h7,9-10,13-15,17,22,24-25,27-28,30-31H,6,8,11-12,16,18-21H2,1-5H3,(H,44,51)(H,45,48)(H,46,50)/b9-7-/t22-,24+,25-,27-,30+,31+,38-/m1/s1. The Hall–Kier alpha value is -4.65. The Morgan fingerprint density at radius 2 is 1.83 bits per heavy atom. The van der Waals surface area contributed by atoms with Gasteiger partial charge in [0.15, 0.2) is 0 Å². The molecule has 0 bridgehead atoms. The van der Waals surface area contributed by atoms with E-state index in [-0.39, 0.29) is 44.2 Å². The predicted molar refractivity (Wildman–Crippen MR) is 203 cm³/mol. The average molecular weight is 838 g/mol. The van der Waals surface area contributed by atoms with E-state index in [1.54, 1.807) is 30.3 Å². The third-order valence-corrected chi connectivity index (χ3v) is 13.2. The number of sulfonamides is 1. The number of benzene rings is 1. The smallest absolute Gasteiger partial charge is 0.427 e. The number of nitrogens with one attached hydrogen (secondary N) is 3. The quantitative estimate of drug-likeness (QED) is 0.292. The second-order valence-electron chi connectivity index (χ2n) is 16.2. The van der Waals surface area contributed by atoms with Gasteiger partial charge < -0.3 is 34.5 Å². The lowest BCUT2D eigenvalue weighted by molar-refractivity contribution is -0.244. The van der Waals surface area contributed by atoms with Crippen LogP contribution in [0.25, 0.3) is 10.8 Å². The fourth-order valence-electron chi connectivity index (χ4n) is 7.65. The van der Waals surface area contributed by atoms with Crippen LogP contribution in [-0.4, -0.2) is 110 Å². The van der Waals surface area contributed by atoms with E-state index >= 15 is 0 Å². The Bertz CT molecular complexity index is 2040. The molecular formula is C39H50F3N5O10S. The lowest BCUT2D eigenvalue weighted by Gasteiger charge is -2.35. The molecule has 6 rings (SSSR count). The van der Waals surface area contributed by atoms with Crippen LogP contribution in [0.5, 0.6) is 11.6 Å². The van der Waals surface area contributed by atoms with Crippen LogP contribution in [0.15, 0.2) is 42.6 Å². The normalized spacial score (nSPS) is 28.9. The van der Waals surface area contributed by atoms with Crippen LogP contribution in [-0.2, 0) is 33.9 Å². The van der Waals surface area contributed by atoms with Gasteiger partial charge in [0.05, 0.1) is 25.5 Å². The fourth-order valence-corrected chi connectivity index (χ4v) is 9.01. The van der Waals surface area contributed by atoms with E-state index in [0.29, 0.717) is 50.7 Å². The molecule has 2 aliphatic carbocycles. The van der Waals surface area contributed by atoms with Crippen LogP contribution in [0.1, 0.15) is 65.7 Å². The molecule has 19 heteroatoms. The summed E-state index contributed by atoms with van der Waals surface area (Å²) < 4.78 is 91.3. The van der Waals surface area contributed by atoms with Crippen LogP contribution < -0.4 is 24.8 Å². The number of fused-ring (bicyclic) bond motifs is 3. The number of allylic oxidation sites excluding steroid dienone is 1. The van der Waals surface area contributed by atoms with Crippen LogP contribution in [0, 0.1) is 17.8 Å². The maximum absolute atomic E-state index is 14.9. The molecule has 58 heavy (non-hydrogen) atoms. The second kappa shape index (κ2) is 16.5. The van der Waals surface area contributed by atoms with Gasteiger partial charge in [0.1, 0.15) is 29.5 Å². The van der Waals surface area contributed by atoms with Gasteiger partial charge in [0, 0.05) is 36.9 Å². The van der Waals surface area contributed by atoms with Gasteiger partial charge in [-0.25, -0.2) is 18.2 Å². The molecular weight excluding hydrogens is 788 g/mol. The lowest BCUT2D eigenvalue weighted by atomic mass is 9.87. The van der Waals surface area contributed by atoms with Crippen molar-refractivity contribution in [2.24, 2.45) is 17.8 Å². The first-order chi connectivity index (χ1) is 27.3. The number of methoxy groups -OCH3 is 2. The minimum Gasteiger partial charge on any atom is -0.497 e. The van der Waals surface area contributed by atoms with E-state index in [9.17, 15) is 40.8 Å². The molecule has 0 unspecified atom stereocenters. The summed E-state index contributed by atoms with van der Waals surface area (Å²) in [5.41, 5.74) is -4.56. The van der Waals surface area contributed by atoms with Crippen molar-refractivity contribution in [1.82, 2.24) is 25.2 Å². The number of hydrogen-bond donors (Lipinski definition) is 3. The molecule has 15 nitrogen and oxygen atoms in total. The third-order valence-electron chi connectivity index (χ3n) is 11.3. The summed E-state index contributed by atoms with van der Waals surface area (Å²) in [5, 5.41) is 5.79. The summed E-state index contributed by atoms with van der Waals surface area (Å²) in [7, 11) is -1.08. The Morgan fingerprint density at radius 1 is 1.09 bits per heavy atom. The van der Waals surface area contributed by atoms with Crippen molar-refractivity contribution in [3.8, 4) is 11.6 Å². The SMILES string of the molecule is COC[C@@H]1C[C@H](C)CC/C=C\[C@@H]2C[C@@]2(C(=O)NS(=O)(=O)C2CC2)NC(=O)[C@@H]2C[C@@H](Oc3nccc4cc(OC)ccc34)CN2C(=O)[C@H]1NC(=O)OC(C)(C)C(F)(F)F. The monoisotopic (exact) mass is 837 g/mol.